The molecule has 2 aromatic heterocycles. The van der Waals surface area contributed by atoms with Crippen LogP contribution < -0.4 is 10.7 Å². The molecule has 5 aromatic rings. The van der Waals surface area contributed by atoms with E-state index in [1.165, 1.54) is 18.2 Å². The third-order valence-corrected chi connectivity index (χ3v) is 8.59. The summed E-state index contributed by atoms with van der Waals surface area (Å²) in [6.07, 6.45) is 1.73. The number of nitrogens with one attached hydrogen (secondary N) is 2. The first-order valence-electron chi connectivity index (χ1n) is 13.0. The summed E-state index contributed by atoms with van der Waals surface area (Å²) in [6, 6.07) is 17.3. The summed E-state index contributed by atoms with van der Waals surface area (Å²) < 4.78 is 39.5. The average molecular weight is 543 g/mol. The molecular weight excluding hydrogens is 515 g/mol. The van der Waals surface area contributed by atoms with Gasteiger partial charge >= 0.3 is 10.2 Å². The lowest BCUT2D eigenvalue weighted by Gasteiger charge is -2.28. The number of nitriles is 1. The zero-order valence-electron chi connectivity index (χ0n) is 21.6. The molecule has 3 heterocycles. The van der Waals surface area contributed by atoms with Crippen molar-refractivity contribution in [1.29, 1.82) is 5.26 Å². The number of nitrogens with zero attached hydrogens (tertiary/aromatic N) is 2. The van der Waals surface area contributed by atoms with E-state index in [1.54, 1.807) is 18.2 Å². The lowest BCUT2D eigenvalue weighted by Crippen LogP contribution is -2.30. The van der Waals surface area contributed by atoms with Crippen molar-refractivity contribution in [2.45, 2.75) is 43.5 Å². The van der Waals surface area contributed by atoms with Crippen LogP contribution in [0.3, 0.4) is 0 Å². The number of fused-ring (bicyclic) bond motifs is 4. The maximum atomic E-state index is 14.1. The van der Waals surface area contributed by atoms with Crippen LogP contribution >= 0.6 is 0 Å². The lowest BCUT2D eigenvalue weighted by molar-refractivity contribution is 0.381. The van der Waals surface area contributed by atoms with Gasteiger partial charge in [0.05, 0.1) is 27.4 Å². The first-order chi connectivity index (χ1) is 18.7. The van der Waals surface area contributed by atoms with E-state index in [0.29, 0.717) is 27.5 Å². The van der Waals surface area contributed by atoms with E-state index in [2.05, 4.69) is 20.9 Å². The molecule has 2 N–H and O–H groups in total. The Morgan fingerprint density at radius 1 is 1.05 bits per heavy atom. The van der Waals surface area contributed by atoms with E-state index in [9.17, 15) is 22.4 Å². The van der Waals surface area contributed by atoms with E-state index in [0.717, 1.165) is 53.5 Å². The summed E-state index contributed by atoms with van der Waals surface area (Å²) in [5.74, 6) is 0.0126. The third-order valence-electron chi connectivity index (χ3n) is 7.77. The highest BCUT2D eigenvalue weighted by atomic mass is 32.3. The SMILES string of the molecule is CC(C)c1cc2c(=O)c3c4ccc(C#N)cc4[nH]c3n(C3CCNCC3)c2cc1-c1cccc(S(=O)(=O)F)c1. The van der Waals surface area contributed by atoms with Crippen LogP contribution in [-0.4, -0.2) is 31.1 Å². The summed E-state index contributed by atoms with van der Waals surface area (Å²) in [7, 11) is -4.88. The molecule has 0 aliphatic carbocycles. The van der Waals surface area contributed by atoms with Crippen LogP contribution in [0.1, 0.15) is 49.8 Å². The number of H-pyrrole nitrogens is 1. The topological polar surface area (TPSA) is 108 Å². The van der Waals surface area contributed by atoms with Crippen molar-refractivity contribution >= 4 is 43.1 Å². The first-order valence-corrected chi connectivity index (χ1v) is 14.4. The molecule has 1 fully saturated rings. The molecule has 0 unspecified atom stereocenters. The second-order valence-electron chi connectivity index (χ2n) is 10.5. The van der Waals surface area contributed by atoms with Crippen LogP contribution in [0, 0.1) is 11.3 Å². The molecule has 0 saturated carbocycles. The van der Waals surface area contributed by atoms with Crippen molar-refractivity contribution in [3.63, 3.8) is 0 Å². The number of piperidine rings is 1. The molecule has 7 nitrogen and oxygen atoms in total. The standard InChI is InChI=1S/C30H27FN4O3S/c1-17(2)23-14-25-27(15-24(23)19-4-3-5-21(13-19)39(31,37)38)35(20-8-10-33-11-9-20)30-28(29(25)36)22-7-6-18(16-32)12-26(22)34-30/h3-7,12-15,17,20,33-34H,8-11H2,1-2H3. The number of pyridine rings is 1. The summed E-state index contributed by atoms with van der Waals surface area (Å²) in [4.78, 5) is 17.2. The predicted octanol–water partition coefficient (Wildman–Crippen LogP) is 5.88. The number of hydrogen-bond donors (Lipinski definition) is 2. The quantitative estimate of drug-likeness (QED) is 0.276. The van der Waals surface area contributed by atoms with Gasteiger partial charge < -0.3 is 14.9 Å². The lowest BCUT2D eigenvalue weighted by atomic mass is 9.90. The monoisotopic (exact) mass is 542 g/mol. The Labute approximate surface area is 225 Å². The second kappa shape index (κ2) is 9.33. The van der Waals surface area contributed by atoms with Crippen LogP contribution in [-0.2, 0) is 10.2 Å². The molecule has 198 valence electrons. The van der Waals surface area contributed by atoms with Crippen LogP contribution in [0.25, 0.3) is 44.0 Å². The minimum absolute atomic E-state index is 0.0126. The summed E-state index contributed by atoms with van der Waals surface area (Å²) >= 11 is 0. The van der Waals surface area contributed by atoms with E-state index in [4.69, 9.17) is 0 Å². The third kappa shape index (κ3) is 4.20. The average Bonchev–Trinajstić information content (AvgIpc) is 3.31. The van der Waals surface area contributed by atoms with Crippen molar-refractivity contribution < 1.29 is 12.3 Å². The Kier molecular flexibility index (Phi) is 6.05. The van der Waals surface area contributed by atoms with Crippen LogP contribution in [0.4, 0.5) is 3.89 Å². The smallest absolute Gasteiger partial charge is 0.332 e. The minimum atomic E-state index is -4.88. The van der Waals surface area contributed by atoms with Gasteiger partial charge in [0.1, 0.15) is 5.65 Å². The maximum absolute atomic E-state index is 14.1. The van der Waals surface area contributed by atoms with Crippen LogP contribution in [0.5, 0.6) is 0 Å². The van der Waals surface area contributed by atoms with Gasteiger partial charge in [-0.1, -0.05) is 32.0 Å². The molecule has 1 aliphatic heterocycles. The zero-order chi connectivity index (χ0) is 27.5. The summed E-state index contributed by atoms with van der Waals surface area (Å²) in [5, 5.41) is 14.8. The van der Waals surface area contributed by atoms with E-state index in [1.807, 2.05) is 32.0 Å². The Morgan fingerprint density at radius 3 is 2.51 bits per heavy atom. The number of aromatic nitrogens is 2. The van der Waals surface area contributed by atoms with Crippen LogP contribution in [0.2, 0.25) is 0 Å². The van der Waals surface area contributed by atoms with Gasteiger partial charge in [-0.05, 0) is 84.9 Å². The van der Waals surface area contributed by atoms with Gasteiger partial charge in [-0.25, -0.2) is 0 Å². The fraction of sp³-hybridized carbons (Fsp3) is 0.267. The van der Waals surface area contributed by atoms with Gasteiger partial charge in [0.2, 0.25) is 0 Å². The number of halogens is 1. The molecule has 0 radical (unpaired) electrons. The molecule has 0 spiro atoms. The summed E-state index contributed by atoms with van der Waals surface area (Å²) in [6.45, 7) is 5.71. The van der Waals surface area contributed by atoms with Crippen molar-refractivity contribution in [3.05, 3.63) is 75.9 Å². The Bertz CT molecular complexity index is 2000. The van der Waals surface area contributed by atoms with E-state index < -0.39 is 15.1 Å². The zero-order valence-corrected chi connectivity index (χ0v) is 22.4. The molecular formula is C30H27FN4O3S. The van der Waals surface area contributed by atoms with Gasteiger partial charge in [-0.2, -0.15) is 13.7 Å². The highest BCUT2D eigenvalue weighted by Gasteiger charge is 2.25. The number of aromatic amines is 1. The van der Waals surface area contributed by atoms with Gasteiger partial charge in [-0.15, -0.1) is 3.89 Å². The van der Waals surface area contributed by atoms with E-state index >= 15 is 0 Å². The van der Waals surface area contributed by atoms with Gasteiger partial charge in [0, 0.05) is 22.3 Å². The predicted molar refractivity (Wildman–Crippen MR) is 151 cm³/mol. The van der Waals surface area contributed by atoms with E-state index in [-0.39, 0.29) is 17.4 Å². The number of hydrogen-bond acceptors (Lipinski definition) is 5. The fourth-order valence-corrected chi connectivity index (χ4v) is 6.40. The van der Waals surface area contributed by atoms with Gasteiger partial charge in [0.25, 0.3) is 0 Å². The van der Waals surface area contributed by atoms with Crippen molar-refractivity contribution in [2.75, 3.05) is 13.1 Å². The molecule has 9 heteroatoms. The Hall–Kier alpha value is -4.00. The molecule has 1 saturated heterocycles. The molecule has 0 atom stereocenters. The fourth-order valence-electron chi connectivity index (χ4n) is 5.89. The first kappa shape index (κ1) is 25.3. The molecule has 1 aliphatic rings. The highest BCUT2D eigenvalue weighted by Crippen LogP contribution is 2.38. The summed E-state index contributed by atoms with van der Waals surface area (Å²) in [5.41, 5.74) is 4.76. The van der Waals surface area contributed by atoms with Crippen molar-refractivity contribution in [3.8, 4) is 17.2 Å². The molecule has 0 amide bonds. The molecule has 6 rings (SSSR count). The van der Waals surface area contributed by atoms with Gasteiger partial charge in [-0.3, -0.25) is 4.79 Å². The van der Waals surface area contributed by atoms with Crippen LogP contribution in [0.15, 0.2) is 64.3 Å². The number of benzene rings is 3. The number of rotatable bonds is 4. The Balaban J connectivity index is 1.76. The van der Waals surface area contributed by atoms with Crippen molar-refractivity contribution in [1.82, 2.24) is 14.9 Å². The Morgan fingerprint density at radius 2 is 1.82 bits per heavy atom. The molecule has 3 aromatic carbocycles. The second-order valence-corrected chi connectivity index (χ2v) is 11.8. The molecule has 39 heavy (non-hydrogen) atoms. The highest BCUT2D eigenvalue weighted by molar-refractivity contribution is 7.86. The minimum Gasteiger partial charge on any atom is -0.340 e. The largest absolute Gasteiger partial charge is 0.340 e. The maximum Gasteiger partial charge on any atom is 0.332 e. The molecule has 0 bridgehead atoms. The normalized spacial score (nSPS) is 14.9. The van der Waals surface area contributed by atoms with Gasteiger partial charge in [0.15, 0.2) is 5.43 Å². The van der Waals surface area contributed by atoms with Crippen molar-refractivity contribution in [2.24, 2.45) is 0 Å².